The van der Waals surface area contributed by atoms with Crippen LogP contribution < -0.4 is 10.2 Å². The molecule has 0 bridgehead atoms. The van der Waals surface area contributed by atoms with E-state index in [4.69, 9.17) is 4.74 Å². The van der Waals surface area contributed by atoms with Crippen LogP contribution in [0.1, 0.15) is 19.4 Å². The van der Waals surface area contributed by atoms with E-state index in [1.54, 1.807) is 23.1 Å². The summed E-state index contributed by atoms with van der Waals surface area (Å²) in [5.74, 6) is -1.16. The van der Waals surface area contributed by atoms with E-state index in [1.165, 1.54) is 19.9 Å². The molecule has 2 aliphatic rings. The van der Waals surface area contributed by atoms with Crippen molar-refractivity contribution in [2.24, 2.45) is 0 Å². The van der Waals surface area contributed by atoms with Gasteiger partial charge in [0.05, 0.1) is 17.8 Å². The Hall–Kier alpha value is -2.90. The number of hydrogen-bond donors (Lipinski definition) is 1. The van der Waals surface area contributed by atoms with Crippen LogP contribution in [0.25, 0.3) is 5.57 Å². The molecule has 0 aromatic heterocycles. The highest BCUT2D eigenvalue weighted by atomic mass is 19.1. The van der Waals surface area contributed by atoms with E-state index in [1.807, 2.05) is 4.90 Å². The molecule has 2 aliphatic heterocycles. The van der Waals surface area contributed by atoms with Gasteiger partial charge in [-0.25, -0.2) is 9.18 Å². The number of anilines is 1. The van der Waals surface area contributed by atoms with E-state index in [9.17, 15) is 18.8 Å². The van der Waals surface area contributed by atoms with Gasteiger partial charge in [-0.3, -0.25) is 9.59 Å². The van der Waals surface area contributed by atoms with Crippen LogP contribution in [-0.2, 0) is 19.1 Å². The molecule has 1 atom stereocenters. The summed E-state index contributed by atoms with van der Waals surface area (Å²) in [6.07, 6.45) is 1.04. The van der Waals surface area contributed by atoms with Gasteiger partial charge in [-0.05, 0) is 23.8 Å². The fraction of sp³-hybridized carbons (Fsp3) is 0.421. The summed E-state index contributed by atoms with van der Waals surface area (Å²) in [5.41, 5.74) is 1.18. The van der Waals surface area contributed by atoms with Crippen molar-refractivity contribution in [2.45, 2.75) is 20.0 Å². The number of benzene rings is 1. The molecule has 27 heavy (non-hydrogen) atoms. The van der Waals surface area contributed by atoms with Gasteiger partial charge < -0.3 is 19.9 Å². The SMILES string of the molecule is CC(=O)NC[C@H]1C=C(c2ccc(N3CCN(C(C)=O)CC3)c(F)c2)C(=O)O1. The first kappa shape index (κ1) is 18.9. The van der Waals surface area contributed by atoms with Gasteiger partial charge in [0.1, 0.15) is 11.9 Å². The van der Waals surface area contributed by atoms with Crippen molar-refractivity contribution in [3.05, 3.63) is 35.7 Å². The number of ether oxygens (including phenoxy) is 1. The molecular weight excluding hydrogens is 353 g/mol. The maximum Gasteiger partial charge on any atom is 0.339 e. The van der Waals surface area contributed by atoms with Crippen molar-refractivity contribution in [2.75, 3.05) is 37.6 Å². The van der Waals surface area contributed by atoms with E-state index in [2.05, 4.69) is 5.32 Å². The lowest BCUT2D eigenvalue weighted by Crippen LogP contribution is -2.48. The first-order valence-electron chi connectivity index (χ1n) is 8.83. The molecule has 0 saturated carbocycles. The van der Waals surface area contributed by atoms with Gasteiger partial charge in [-0.2, -0.15) is 0 Å². The zero-order valence-corrected chi connectivity index (χ0v) is 15.3. The summed E-state index contributed by atoms with van der Waals surface area (Å²) >= 11 is 0. The Balaban J connectivity index is 1.71. The lowest BCUT2D eigenvalue weighted by atomic mass is 10.0. The van der Waals surface area contributed by atoms with Crippen LogP contribution in [0, 0.1) is 5.82 Å². The quantitative estimate of drug-likeness (QED) is 0.793. The minimum atomic E-state index is -0.557. The Kier molecular flexibility index (Phi) is 5.43. The van der Waals surface area contributed by atoms with Crippen molar-refractivity contribution in [1.82, 2.24) is 10.2 Å². The second-order valence-corrected chi connectivity index (χ2v) is 6.62. The molecule has 1 aromatic carbocycles. The van der Waals surface area contributed by atoms with Gasteiger partial charge in [0, 0.05) is 40.0 Å². The Morgan fingerprint density at radius 2 is 1.93 bits per heavy atom. The number of amides is 2. The molecule has 1 aromatic rings. The summed E-state index contributed by atoms with van der Waals surface area (Å²) in [4.78, 5) is 38.1. The number of cyclic esters (lactones) is 1. The van der Waals surface area contributed by atoms with Gasteiger partial charge in [-0.15, -0.1) is 0 Å². The Morgan fingerprint density at radius 1 is 1.22 bits per heavy atom. The molecule has 0 aliphatic carbocycles. The Bertz CT molecular complexity index is 800. The second-order valence-electron chi connectivity index (χ2n) is 6.62. The lowest BCUT2D eigenvalue weighted by molar-refractivity contribution is -0.138. The summed E-state index contributed by atoms with van der Waals surface area (Å²) in [5, 5.41) is 2.59. The third-order valence-corrected chi connectivity index (χ3v) is 4.71. The molecular formula is C19H22FN3O4. The molecule has 1 fully saturated rings. The molecule has 3 rings (SSSR count). The molecule has 1 saturated heterocycles. The molecule has 2 heterocycles. The van der Waals surface area contributed by atoms with E-state index in [-0.39, 0.29) is 23.9 Å². The number of carbonyl (C=O) groups excluding carboxylic acids is 3. The number of rotatable bonds is 4. The topological polar surface area (TPSA) is 79.0 Å². The van der Waals surface area contributed by atoms with Gasteiger partial charge in [0.2, 0.25) is 11.8 Å². The van der Waals surface area contributed by atoms with Crippen LogP contribution in [0.4, 0.5) is 10.1 Å². The van der Waals surface area contributed by atoms with Gasteiger partial charge in [0.25, 0.3) is 0 Å². The first-order valence-corrected chi connectivity index (χ1v) is 8.83. The standard InChI is InChI=1S/C19H22FN3O4/c1-12(24)21-11-15-10-16(19(26)27-15)14-3-4-18(17(20)9-14)23-7-5-22(6-8-23)13(2)25/h3-4,9-10,15H,5-8,11H2,1-2H3,(H,21,24)/t15-/m1/s1. The number of piperazine rings is 1. The smallest absolute Gasteiger partial charge is 0.339 e. The number of carbonyl (C=O) groups is 3. The molecule has 2 amide bonds. The second kappa shape index (κ2) is 7.77. The van der Waals surface area contributed by atoms with Crippen LogP contribution in [-0.4, -0.2) is 61.5 Å². The summed E-state index contributed by atoms with van der Waals surface area (Å²) in [6.45, 7) is 5.31. The van der Waals surface area contributed by atoms with E-state index in [0.717, 1.165) is 0 Å². The number of halogens is 1. The highest BCUT2D eigenvalue weighted by Gasteiger charge is 2.28. The van der Waals surface area contributed by atoms with Crippen LogP contribution >= 0.6 is 0 Å². The van der Waals surface area contributed by atoms with Crippen LogP contribution in [0.3, 0.4) is 0 Å². The third-order valence-electron chi connectivity index (χ3n) is 4.71. The fourth-order valence-corrected chi connectivity index (χ4v) is 3.24. The number of hydrogen-bond acceptors (Lipinski definition) is 5. The van der Waals surface area contributed by atoms with E-state index < -0.39 is 17.9 Å². The van der Waals surface area contributed by atoms with Crippen molar-refractivity contribution >= 4 is 29.0 Å². The minimum absolute atomic E-state index is 0.0194. The zero-order valence-electron chi connectivity index (χ0n) is 15.3. The largest absolute Gasteiger partial charge is 0.453 e. The van der Waals surface area contributed by atoms with Crippen LogP contribution in [0.2, 0.25) is 0 Å². The van der Waals surface area contributed by atoms with Crippen LogP contribution in [0.15, 0.2) is 24.3 Å². The van der Waals surface area contributed by atoms with Gasteiger partial charge in [-0.1, -0.05) is 6.07 Å². The average molecular weight is 375 g/mol. The summed E-state index contributed by atoms with van der Waals surface area (Å²) < 4.78 is 19.8. The first-order chi connectivity index (χ1) is 12.8. The number of esters is 1. The normalized spacial score (nSPS) is 19.6. The van der Waals surface area contributed by atoms with Crippen molar-refractivity contribution in [3.63, 3.8) is 0 Å². The van der Waals surface area contributed by atoms with E-state index in [0.29, 0.717) is 37.4 Å². The predicted molar refractivity (Wildman–Crippen MR) is 97.4 cm³/mol. The van der Waals surface area contributed by atoms with Crippen molar-refractivity contribution < 1.29 is 23.5 Å². The maximum atomic E-state index is 14.7. The molecule has 7 nitrogen and oxygen atoms in total. The highest BCUT2D eigenvalue weighted by molar-refractivity contribution is 6.18. The Morgan fingerprint density at radius 3 is 2.52 bits per heavy atom. The molecule has 8 heteroatoms. The van der Waals surface area contributed by atoms with Crippen molar-refractivity contribution in [3.8, 4) is 0 Å². The monoisotopic (exact) mass is 375 g/mol. The third kappa shape index (κ3) is 4.27. The highest BCUT2D eigenvalue weighted by Crippen LogP contribution is 2.28. The molecule has 0 radical (unpaired) electrons. The molecule has 144 valence electrons. The average Bonchev–Trinajstić information content (AvgIpc) is 3.01. The summed E-state index contributed by atoms with van der Waals surface area (Å²) in [6, 6.07) is 4.65. The van der Waals surface area contributed by atoms with Gasteiger partial charge >= 0.3 is 5.97 Å². The molecule has 1 N–H and O–H groups in total. The maximum absolute atomic E-state index is 14.7. The Labute approximate surface area is 156 Å². The fourth-order valence-electron chi connectivity index (χ4n) is 3.24. The molecule has 0 spiro atoms. The predicted octanol–water partition coefficient (Wildman–Crippen LogP) is 0.939. The lowest BCUT2D eigenvalue weighted by Gasteiger charge is -2.35. The van der Waals surface area contributed by atoms with E-state index >= 15 is 0 Å². The number of nitrogens with one attached hydrogen (secondary N) is 1. The minimum Gasteiger partial charge on any atom is -0.453 e. The van der Waals surface area contributed by atoms with Crippen molar-refractivity contribution in [1.29, 1.82) is 0 Å². The summed E-state index contributed by atoms with van der Waals surface area (Å²) in [7, 11) is 0. The van der Waals surface area contributed by atoms with Crippen LogP contribution in [0.5, 0.6) is 0 Å². The molecule has 0 unspecified atom stereocenters. The van der Waals surface area contributed by atoms with Gasteiger partial charge in [0.15, 0.2) is 0 Å². The zero-order chi connectivity index (χ0) is 19.6. The number of nitrogens with zero attached hydrogens (tertiary/aromatic N) is 2.